The number of anilines is 1. The van der Waals surface area contributed by atoms with E-state index in [1.807, 2.05) is 25.3 Å². The van der Waals surface area contributed by atoms with Crippen LogP contribution in [0, 0.1) is 6.92 Å². The van der Waals surface area contributed by atoms with E-state index in [2.05, 4.69) is 26.6 Å². The Balaban J connectivity index is 2.63. The van der Waals surface area contributed by atoms with E-state index in [9.17, 15) is 9.59 Å². The van der Waals surface area contributed by atoms with Crippen molar-refractivity contribution < 1.29 is 14.7 Å². The zero-order valence-corrected chi connectivity index (χ0v) is 13.7. The van der Waals surface area contributed by atoms with Crippen molar-refractivity contribution in [1.29, 1.82) is 0 Å². The van der Waals surface area contributed by atoms with Gasteiger partial charge < -0.3 is 15.7 Å². The van der Waals surface area contributed by atoms with Crippen LogP contribution >= 0.6 is 27.7 Å². The SMILES string of the molecule is CSCCC(NC(=O)Nc1ccc(Br)cc1C)C(=O)O. The number of hydrogen-bond donors (Lipinski definition) is 3. The summed E-state index contributed by atoms with van der Waals surface area (Å²) in [5, 5.41) is 14.2. The number of carbonyl (C=O) groups is 2. The van der Waals surface area contributed by atoms with Crippen LogP contribution in [0.5, 0.6) is 0 Å². The molecule has 1 atom stereocenters. The number of hydrogen-bond acceptors (Lipinski definition) is 3. The third kappa shape index (κ3) is 5.42. The first-order valence-corrected chi connectivity index (χ1v) is 8.18. The summed E-state index contributed by atoms with van der Waals surface area (Å²) in [7, 11) is 0. The quantitative estimate of drug-likeness (QED) is 0.728. The van der Waals surface area contributed by atoms with Gasteiger partial charge in [-0.05, 0) is 49.1 Å². The first kappa shape index (κ1) is 16.8. The number of nitrogens with one attached hydrogen (secondary N) is 2. The number of amides is 2. The van der Waals surface area contributed by atoms with Gasteiger partial charge in [-0.3, -0.25) is 0 Å². The lowest BCUT2D eigenvalue weighted by Crippen LogP contribution is -2.43. The largest absolute Gasteiger partial charge is 0.480 e. The van der Waals surface area contributed by atoms with Crippen molar-refractivity contribution in [2.45, 2.75) is 19.4 Å². The third-order valence-corrected chi connectivity index (χ3v) is 3.79. The topological polar surface area (TPSA) is 78.4 Å². The molecule has 110 valence electrons. The van der Waals surface area contributed by atoms with Gasteiger partial charge in [-0.15, -0.1) is 0 Å². The van der Waals surface area contributed by atoms with Gasteiger partial charge in [-0.1, -0.05) is 15.9 Å². The van der Waals surface area contributed by atoms with E-state index in [-0.39, 0.29) is 0 Å². The zero-order valence-electron chi connectivity index (χ0n) is 11.3. The highest BCUT2D eigenvalue weighted by atomic mass is 79.9. The Morgan fingerprint density at radius 1 is 1.45 bits per heavy atom. The van der Waals surface area contributed by atoms with Crippen LogP contribution in [0.3, 0.4) is 0 Å². The van der Waals surface area contributed by atoms with Crippen molar-refractivity contribution in [2.24, 2.45) is 0 Å². The van der Waals surface area contributed by atoms with Crippen LogP contribution in [0.15, 0.2) is 22.7 Å². The molecule has 0 bridgehead atoms. The van der Waals surface area contributed by atoms with E-state index in [0.29, 0.717) is 17.9 Å². The maximum Gasteiger partial charge on any atom is 0.326 e. The average Bonchev–Trinajstić information content (AvgIpc) is 2.37. The van der Waals surface area contributed by atoms with Crippen molar-refractivity contribution >= 4 is 45.4 Å². The van der Waals surface area contributed by atoms with Gasteiger partial charge in [0.25, 0.3) is 0 Å². The number of carboxylic acid groups (broad SMARTS) is 1. The van der Waals surface area contributed by atoms with E-state index >= 15 is 0 Å². The van der Waals surface area contributed by atoms with E-state index in [4.69, 9.17) is 5.11 Å². The van der Waals surface area contributed by atoms with Crippen LogP contribution in [-0.4, -0.2) is 35.2 Å². The van der Waals surface area contributed by atoms with E-state index < -0.39 is 18.0 Å². The highest BCUT2D eigenvalue weighted by Gasteiger charge is 2.19. The number of benzene rings is 1. The molecule has 1 aromatic rings. The smallest absolute Gasteiger partial charge is 0.326 e. The van der Waals surface area contributed by atoms with Crippen LogP contribution in [-0.2, 0) is 4.79 Å². The molecule has 1 rings (SSSR count). The molecule has 7 heteroatoms. The number of aliphatic carboxylic acids is 1. The van der Waals surface area contributed by atoms with E-state index in [1.54, 1.807) is 17.8 Å². The standard InChI is InChI=1S/C13H17BrN2O3S/c1-8-7-9(14)3-4-10(8)15-13(19)16-11(12(17)18)5-6-20-2/h3-4,7,11H,5-6H2,1-2H3,(H,17,18)(H2,15,16,19). The molecule has 0 fully saturated rings. The Hall–Kier alpha value is -1.21. The Kier molecular flexibility index (Phi) is 6.87. The summed E-state index contributed by atoms with van der Waals surface area (Å²) < 4.78 is 0.921. The second-order valence-corrected chi connectivity index (χ2v) is 6.13. The summed E-state index contributed by atoms with van der Waals surface area (Å²) in [6.45, 7) is 1.86. The minimum absolute atomic E-state index is 0.392. The molecule has 0 radical (unpaired) electrons. The maximum atomic E-state index is 11.8. The summed E-state index contributed by atoms with van der Waals surface area (Å²) in [6, 6.07) is 4.06. The van der Waals surface area contributed by atoms with Crippen molar-refractivity contribution in [3.05, 3.63) is 28.2 Å². The molecule has 5 nitrogen and oxygen atoms in total. The van der Waals surface area contributed by atoms with Crippen molar-refractivity contribution in [3.63, 3.8) is 0 Å². The van der Waals surface area contributed by atoms with Crippen molar-refractivity contribution in [2.75, 3.05) is 17.3 Å². The summed E-state index contributed by atoms with van der Waals surface area (Å²) in [6.07, 6.45) is 2.29. The molecule has 0 saturated heterocycles. The van der Waals surface area contributed by atoms with Crippen molar-refractivity contribution in [1.82, 2.24) is 5.32 Å². The maximum absolute atomic E-state index is 11.8. The predicted molar refractivity (Wildman–Crippen MR) is 85.5 cm³/mol. The third-order valence-electron chi connectivity index (χ3n) is 2.65. The van der Waals surface area contributed by atoms with Gasteiger partial charge in [-0.2, -0.15) is 11.8 Å². The minimum atomic E-state index is -1.03. The lowest BCUT2D eigenvalue weighted by atomic mass is 10.2. The van der Waals surface area contributed by atoms with Gasteiger partial charge in [0.05, 0.1) is 0 Å². The van der Waals surface area contributed by atoms with Crippen LogP contribution in [0.25, 0.3) is 0 Å². The molecule has 0 aliphatic rings. The molecule has 0 aliphatic carbocycles. The van der Waals surface area contributed by atoms with Gasteiger partial charge in [0, 0.05) is 10.2 Å². The summed E-state index contributed by atoms with van der Waals surface area (Å²) in [4.78, 5) is 22.9. The molecule has 0 aromatic heterocycles. The van der Waals surface area contributed by atoms with Gasteiger partial charge in [0.15, 0.2) is 0 Å². The summed E-state index contributed by atoms with van der Waals surface area (Å²) >= 11 is 4.88. The fourth-order valence-electron chi connectivity index (χ4n) is 1.58. The molecule has 0 aliphatic heterocycles. The number of thioether (sulfide) groups is 1. The number of rotatable bonds is 6. The first-order chi connectivity index (χ1) is 9.43. The normalized spacial score (nSPS) is 11.8. The summed E-state index contributed by atoms with van der Waals surface area (Å²) in [5.74, 6) is -0.351. The molecular weight excluding hydrogens is 344 g/mol. The Labute approximate surface area is 130 Å². The van der Waals surface area contributed by atoms with E-state index in [1.165, 1.54) is 0 Å². The molecule has 0 saturated carbocycles. The van der Waals surface area contributed by atoms with Gasteiger partial charge in [0.2, 0.25) is 0 Å². The first-order valence-electron chi connectivity index (χ1n) is 5.99. The predicted octanol–water partition coefficient (Wildman–Crippen LogP) is 3.09. The van der Waals surface area contributed by atoms with Gasteiger partial charge in [-0.25, -0.2) is 9.59 Å². The lowest BCUT2D eigenvalue weighted by Gasteiger charge is -2.15. The van der Waals surface area contributed by atoms with Crippen LogP contribution in [0.1, 0.15) is 12.0 Å². The monoisotopic (exact) mass is 360 g/mol. The van der Waals surface area contributed by atoms with E-state index in [0.717, 1.165) is 10.0 Å². The zero-order chi connectivity index (χ0) is 15.1. The fourth-order valence-corrected chi connectivity index (χ4v) is 2.52. The molecule has 3 N–H and O–H groups in total. The van der Waals surface area contributed by atoms with Crippen LogP contribution < -0.4 is 10.6 Å². The number of aryl methyl sites for hydroxylation is 1. The van der Waals surface area contributed by atoms with Crippen molar-refractivity contribution in [3.8, 4) is 0 Å². The number of urea groups is 1. The highest BCUT2D eigenvalue weighted by molar-refractivity contribution is 9.10. The molecular formula is C13H17BrN2O3S. The van der Waals surface area contributed by atoms with Crippen LogP contribution in [0.2, 0.25) is 0 Å². The van der Waals surface area contributed by atoms with Gasteiger partial charge >= 0.3 is 12.0 Å². The Morgan fingerprint density at radius 2 is 2.15 bits per heavy atom. The molecule has 20 heavy (non-hydrogen) atoms. The molecule has 1 aromatic carbocycles. The molecule has 1 unspecified atom stereocenters. The fraction of sp³-hybridized carbons (Fsp3) is 0.385. The second-order valence-electron chi connectivity index (χ2n) is 4.23. The minimum Gasteiger partial charge on any atom is -0.480 e. The Morgan fingerprint density at radius 3 is 2.70 bits per heavy atom. The average molecular weight is 361 g/mol. The number of carboxylic acids is 1. The molecule has 0 spiro atoms. The molecule has 2 amide bonds. The number of halogens is 1. The second kappa shape index (κ2) is 8.16. The number of carbonyl (C=O) groups excluding carboxylic acids is 1. The molecule has 0 heterocycles. The van der Waals surface area contributed by atoms with Crippen LogP contribution in [0.4, 0.5) is 10.5 Å². The highest BCUT2D eigenvalue weighted by Crippen LogP contribution is 2.19. The van der Waals surface area contributed by atoms with Gasteiger partial charge in [0.1, 0.15) is 6.04 Å². The summed E-state index contributed by atoms with van der Waals surface area (Å²) in [5.41, 5.74) is 1.55. The Bertz CT molecular complexity index is 497. The lowest BCUT2D eigenvalue weighted by molar-refractivity contribution is -0.139.